The van der Waals surface area contributed by atoms with Crippen molar-refractivity contribution in [3.05, 3.63) is 115 Å². The molecule has 0 amide bonds. The van der Waals surface area contributed by atoms with Crippen LogP contribution in [-0.2, 0) is 0 Å². The molecule has 6 aromatic carbocycles. The summed E-state index contributed by atoms with van der Waals surface area (Å²) >= 11 is 1.86. The van der Waals surface area contributed by atoms with Crippen molar-refractivity contribution in [2.75, 3.05) is 0 Å². The van der Waals surface area contributed by atoms with Crippen LogP contribution in [0, 0.1) is 0 Å². The molecular formula is C34H19NOS. The number of hydrogen-bond acceptors (Lipinski definition) is 2. The summed E-state index contributed by atoms with van der Waals surface area (Å²) in [5.74, 6) is 0. The molecule has 9 rings (SSSR count). The Bertz CT molecular complexity index is 2370. The molecule has 0 saturated carbocycles. The Morgan fingerprint density at radius 1 is 0.486 bits per heavy atom. The highest BCUT2D eigenvalue weighted by Gasteiger charge is 2.17. The molecule has 0 aliphatic rings. The standard InChI is InChI=1S/C34H19NOS/c1-4-10-29-22(7-1)28-19-27-20(13-15-26-23-8-2-5-11-31(23)36-34(26)27)17-30(28)35(29)21-14-16-25-24-9-3-6-12-32(24)37-33(25)18-21/h1-19H. The second-order valence-corrected chi connectivity index (χ2v) is 10.8. The third kappa shape index (κ3) is 2.59. The number of rotatable bonds is 1. The van der Waals surface area contributed by atoms with Gasteiger partial charge in [0.1, 0.15) is 11.2 Å². The van der Waals surface area contributed by atoms with Gasteiger partial charge in [-0.05, 0) is 53.9 Å². The first-order valence-corrected chi connectivity index (χ1v) is 13.3. The van der Waals surface area contributed by atoms with Gasteiger partial charge in [-0.2, -0.15) is 0 Å². The first-order valence-electron chi connectivity index (χ1n) is 12.5. The van der Waals surface area contributed by atoms with Crippen LogP contribution in [0.1, 0.15) is 0 Å². The lowest BCUT2D eigenvalue weighted by Gasteiger charge is -2.09. The van der Waals surface area contributed by atoms with Gasteiger partial charge in [0.15, 0.2) is 0 Å². The molecule has 0 fully saturated rings. The lowest BCUT2D eigenvalue weighted by molar-refractivity contribution is 0.672. The highest BCUT2D eigenvalue weighted by molar-refractivity contribution is 7.25. The Morgan fingerprint density at radius 3 is 2.19 bits per heavy atom. The zero-order valence-corrected chi connectivity index (χ0v) is 20.5. The van der Waals surface area contributed by atoms with E-state index >= 15 is 0 Å². The van der Waals surface area contributed by atoms with E-state index in [-0.39, 0.29) is 0 Å². The van der Waals surface area contributed by atoms with Crippen molar-refractivity contribution in [2.24, 2.45) is 0 Å². The average Bonchev–Trinajstić information content (AvgIpc) is 3.60. The van der Waals surface area contributed by atoms with Gasteiger partial charge in [0.2, 0.25) is 0 Å². The Morgan fingerprint density at radius 2 is 1.24 bits per heavy atom. The number of fused-ring (bicyclic) bond motifs is 11. The molecule has 172 valence electrons. The van der Waals surface area contributed by atoms with Crippen LogP contribution in [0.5, 0.6) is 0 Å². The minimum atomic E-state index is 0.934. The topological polar surface area (TPSA) is 18.1 Å². The van der Waals surface area contributed by atoms with Crippen LogP contribution >= 0.6 is 11.3 Å². The Hall–Kier alpha value is -4.60. The molecule has 37 heavy (non-hydrogen) atoms. The molecule has 3 aromatic heterocycles. The van der Waals surface area contributed by atoms with Crippen molar-refractivity contribution in [1.29, 1.82) is 0 Å². The second kappa shape index (κ2) is 7.00. The van der Waals surface area contributed by atoms with Crippen molar-refractivity contribution in [3.63, 3.8) is 0 Å². The Kier molecular flexibility index (Phi) is 3.70. The summed E-state index contributed by atoms with van der Waals surface area (Å²) in [5.41, 5.74) is 5.52. The van der Waals surface area contributed by atoms with E-state index < -0.39 is 0 Å². The van der Waals surface area contributed by atoms with Crippen LogP contribution in [0.25, 0.3) is 80.4 Å². The lowest BCUT2D eigenvalue weighted by Crippen LogP contribution is -1.93. The summed E-state index contributed by atoms with van der Waals surface area (Å²) in [6.45, 7) is 0. The molecular weight excluding hydrogens is 470 g/mol. The fourth-order valence-corrected chi connectivity index (χ4v) is 7.24. The smallest absolute Gasteiger partial charge is 0.143 e. The van der Waals surface area contributed by atoms with E-state index in [0.717, 1.165) is 16.6 Å². The number of para-hydroxylation sites is 2. The van der Waals surface area contributed by atoms with Gasteiger partial charge >= 0.3 is 0 Å². The number of aromatic nitrogens is 1. The van der Waals surface area contributed by atoms with Gasteiger partial charge < -0.3 is 8.98 Å². The first-order chi connectivity index (χ1) is 18.3. The van der Waals surface area contributed by atoms with Crippen molar-refractivity contribution >= 4 is 86.0 Å². The van der Waals surface area contributed by atoms with E-state index in [2.05, 4.69) is 114 Å². The molecule has 3 heterocycles. The van der Waals surface area contributed by atoms with Crippen molar-refractivity contribution in [3.8, 4) is 5.69 Å². The monoisotopic (exact) mass is 489 g/mol. The molecule has 0 aliphatic heterocycles. The predicted octanol–water partition coefficient (Wildman–Crippen LogP) is 10.2. The van der Waals surface area contributed by atoms with E-state index in [1.165, 1.54) is 63.8 Å². The summed E-state index contributed by atoms with van der Waals surface area (Å²) in [6.07, 6.45) is 0. The largest absolute Gasteiger partial charge is 0.455 e. The van der Waals surface area contributed by atoms with Gasteiger partial charge in [0.25, 0.3) is 0 Å². The molecule has 3 heteroatoms. The average molecular weight is 490 g/mol. The number of benzene rings is 6. The summed E-state index contributed by atoms with van der Waals surface area (Å²) < 4.78 is 11.4. The van der Waals surface area contributed by atoms with Crippen molar-refractivity contribution in [2.45, 2.75) is 0 Å². The number of furan rings is 1. The van der Waals surface area contributed by atoms with Crippen LogP contribution in [0.15, 0.2) is 120 Å². The molecule has 0 N–H and O–H groups in total. The maximum absolute atomic E-state index is 6.39. The predicted molar refractivity (Wildman–Crippen MR) is 158 cm³/mol. The van der Waals surface area contributed by atoms with Gasteiger partial charge in [-0.3, -0.25) is 0 Å². The maximum Gasteiger partial charge on any atom is 0.143 e. The normalized spacial score (nSPS) is 12.3. The highest BCUT2D eigenvalue weighted by Crippen LogP contribution is 2.41. The second-order valence-electron chi connectivity index (χ2n) is 9.76. The van der Waals surface area contributed by atoms with E-state index in [1.54, 1.807) is 0 Å². The molecule has 0 saturated heterocycles. The molecule has 0 bridgehead atoms. The molecule has 0 atom stereocenters. The zero-order valence-electron chi connectivity index (χ0n) is 19.7. The van der Waals surface area contributed by atoms with Gasteiger partial charge in [-0.15, -0.1) is 11.3 Å². The summed E-state index contributed by atoms with van der Waals surface area (Å²) in [5, 5.41) is 9.83. The minimum Gasteiger partial charge on any atom is -0.455 e. The van der Waals surface area contributed by atoms with Crippen molar-refractivity contribution in [1.82, 2.24) is 4.57 Å². The SMILES string of the molecule is c1ccc2c(c1)oc1c3cc4c5ccccc5n(-c5ccc6c(c5)sc5ccccc56)c4cc3ccc21. The molecule has 0 aliphatic carbocycles. The molecule has 0 unspecified atom stereocenters. The quantitative estimate of drug-likeness (QED) is 0.224. The zero-order chi connectivity index (χ0) is 24.1. The van der Waals surface area contributed by atoms with Crippen LogP contribution in [0.4, 0.5) is 0 Å². The van der Waals surface area contributed by atoms with Crippen LogP contribution < -0.4 is 0 Å². The number of thiophene rings is 1. The minimum absolute atomic E-state index is 0.934. The summed E-state index contributed by atoms with van der Waals surface area (Å²) in [7, 11) is 0. The van der Waals surface area contributed by atoms with E-state index in [4.69, 9.17) is 4.42 Å². The van der Waals surface area contributed by atoms with Crippen LogP contribution in [-0.4, -0.2) is 4.57 Å². The third-order valence-corrected chi connectivity index (χ3v) is 8.91. The fraction of sp³-hybridized carbons (Fsp3) is 0. The summed E-state index contributed by atoms with van der Waals surface area (Å²) in [4.78, 5) is 0. The van der Waals surface area contributed by atoms with E-state index in [0.29, 0.717) is 0 Å². The number of hydrogen-bond donors (Lipinski definition) is 0. The lowest BCUT2D eigenvalue weighted by atomic mass is 10.0. The summed E-state index contributed by atoms with van der Waals surface area (Å²) in [6, 6.07) is 41.7. The van der Waals surface area contributed by atoms with Crippen molar-refractivity contribution < 1.29 is 4.42 Å². The molecule has 9 aromatic rings. The molecule has 2 nitrogen and oxygen atoms in total. The molecule has 0 radical (unpaired) electrons. The van der Waals surface area contributed by atoms with Crippen LogP contribution in [0.3, 0.4) is 0 Å². The Labute approximate surface area is 215 Å². The van der Waals surface area contributed by atoms with Crippen LogP contribution in [0.2, 0.25) is 0 Å². The maximum atomic E-state index is 6.39. The number of nitrogens with zero attached hydrogens (tertiary/aromatic N) is 1. The van der Waals surface area contributed by atoms with Gasteiger partial charge in [0, 0.05) is 52.8 Å². The third-order valence-electron chi connectivity index (χ3n) is 7.77. The van der Waals surface area contributed by atoms with E-state index in [9.17, 15) is 0 Å². The van der Waals surface area contributed by atoms with E-state index in [1.807, 2.05) is 17.4 Å². The first kappa shape index (κ1) is 19.6. The fourth-order valence-electron chi connectivity index (χ4n) is 6.10. The van der Waals surface area contributed by atoms with Gasteiger partial charge in [0.05, 0.1) is 11.0 Å². The Balaban J connectivity index is 1.39. The molecule has 0 spiro atoms. The highest BCUT2D eigenvalue weighted by atomic mass is 32.1. The van der Waals surface area contributed by atoms with Gasteiger partial charge in [-0.25, -0.2) is 0 Å². The van der Waals surface area contributed by atoms with Gasteiger partial charge in [-0.1, -0.05) is 66.7 Å².